The molecule has 1 rings (SSSR count). The normalized spacial score (nSPS) is 14.1. The van der Waals surface area contributed by atoms with Crippen molar-refractivity contribution in [3.8, 4) is 0 Å². The van der Waals surface area contributed by atoms with Gasteiger partial charge in [0.05, 0.1) is 7.05 Å². The highest BCUT2D eigenvalue weighted by molar-refractivity contribution is 5.01. The number of nitrogens with one attached hydrogen (secondary N) is 1. The molecule has 1 aromatic heterocycles. The van der Waals surface area contributed by atoms with Crippen LogP contribution in [-0.2, 0) is 13.5 Å². The number of nitrogens with zero attached hydrogens (tertiary/aromatic N) is 5. The van der Waals surface area contributed by atoms with Crippen LogP contribution in [0.2, 0.25) is 0 Å². The summed E-state index contributed by atoms with van der Waals surface area (Å²) in [6.07, 6.45) is 2.99. The molecule has 0 radical (unpaired) electrons. The average Bonchev–Trinajstić information content (AvgIpc) is 2.77. The van der Waals surface area contributed by atoms with E-state index in [1.165, 1.54) is 4.80 Å². The third-order valence-corrected chi connectivity index (χ3v) is 4.15. The van der Waals surface area contributed by atoms with Crippen molar-refractivity contribution in [2.75, 3.05) is 20.6 Å². The lowest BCUT2D eigenvalue weighted by atomic mass is 9.81. The van der Waals surface area contributed by atoms with E-state index in [2.05, 4.69) is 60.5 Å². The average molecular weight is 268 g/mol. The van der Waals surface area contributed by atoms with Gasteiger partial charge in [0, 0.05) is 18.0 Å². The van der Waals surface area contributed by atoms with Crippen molar-refractivity contribution in [2.45, 2.75) is 51.6 Å². The second-order valence-electron chi connectivity index (χ2n) is 5.21. The van der Waals surface area contributed by atoms with E-state index >= 15 is 0 Å². The first-order valence-electron chi connectivity index (χ1n) is 7.13. The molecule has 6 heteroatoms. The molecule has 0 aliphatic heterocycles. The Bertz CT molecular complexity index is 369. The summed E-state index contributed by atoms with van der Waals surface area (Å²) in [5, 5.41) is 16.0. The van der Waals surface area contributed by atoms with Gasteiger partial charge in [0.15, 0.2) is 5.82 Å². The van der Waals surface area contributed by atoms with Crippen LogP contribution in [-0.4, -0.2) is 57.3 Å². The van der Waals surface area contributed by atoms with Gasteiger partial charge in [-0.15, -0.1) is 10.2 Å². The second-order valence-corrected chi connectivity index (χ2v) is 5.21. The number of rotatable bonds is 8. The van der Waals surface area contributed by atoms with Crippen molar-refractivity contribution >= 4 is 0 Å². The van der Waals surface area contributed by atoms with Crippen LogP contribution < -0.4 is 5.32 Å². The fourth-order valence-corrected chi connectivity index (χ4v) is 2.97. The highest BCUT2D eigenvalue weighted by Crippen LogP contribution is 2.27. The van der Waals surface area contributed by atoms with E-state index in [9.17, 15) is 0 Å². The maximum atomic E-state index is 4.31. The van der Waals surface area contributed by atoms with Crippen LogP contribution in [0.5, 0.6) is 0 Å². The van der Waals surface area contributed by atoms with Crippen molar-refractivity contribution in [3.63, 3.8) is 0 Å². The molecule has 0 aromatic carbocycles. The Morgan fingerprint density at radius 2 is 1.89 bits per heavy atom. The molecule has 0 fully saturated rings. The smallest absolute Gasteiger partial charge is 0.176 e. The summed E-state index contributed by atoms with van der Waals surface area (Å²) < 4.78 is 0. The van der Waals surface area contributed by atoms with Crippen LogP contribution in [0.15, 0.2) is 0 Å². The quantitative estimate of drug-likeness (QED) is 0.757. The minimum absolute atomic E-state index is 0.120. The minimum Gasteiger partial charge on any atom is -0.312 e. The Morgan fingerprint density at radius 3 is 2.26 bits per heavy atom. The van der Waals surface area contributed by atoms with E-state index in [1.54, 1.807) is 7.05 Å². The predicted octanol–water partition coefficient (Wildman–Crippen LogP) is 0.851. The molecule has 1 unspecified atom stereocenters. The number of aromatic nitrogens is 4. The monoisotopic (exact) mass is 268 g/mol. The van der Waals surface area contributed by atoms with Crippen LogP contribution in [0.25, 0.3) is 0 Å². The topological polar surface area (TPSA) is 58.9 Å². The summed E-state index contributed by atoms with van der Waals surface area (Å²) in [6.45, 7) is 7.58. The van der Waals surface area contributed by atoms with Crippen LogP contribution in [0, 0.1) is 0 Å². The summed E-state index contributed by atoms with van der Waals surface area (Å²) in [4.78, 5) is 3.85. The van der Waals surface area contributed by atoms with Crippen molar-refractivity contribution in [1.82, 2.24) is 30.4 Å². The van der Waals surface area contributed by atoms with E-state index in [0.29, 0.717) is 6.04 Å². The highest BCUT2D eigenvalue weighted by Gasteiger charge is 2.38. The summed E-state index contributed by atoms with van der Waals surface area (Å²) in [5.74, 6) is 0.807. The SMILES string of the molecule is CCNC(Cc1nnn(C)n1)C(CC)(CC)N(C)C. The number of aryl methyl sites for hydroxylation is 1. The fraction of sp³-hybridized carbons (Fsp3) is 0.923. The van der Waals surface area contributed by atoms with Gasteiger partial charge in [0.25, 0.3) is 0 Å². The molecule has 6 nitrogen and oxygen atoms in total. The fourth-order valence-electron chi connectivity index (χ4n) is 2.97. The lowest BCUT2D eigenvalue weighted by molar-refractivity contribution is 0.0880. The zero-order chi connectivity index (χ0) is 14.5. The van der Waals surface area contributed by atoms with Crippen molar-refractivity contribution in [2.24, 2.45) is 7.05 Å². The largest absolute Gasteiger partial charge is 0.312 e. The van der Waals surface area contributed by atoms with E-state index in [-0.39, 0.29) is 5.54 Å². The zero-order valence-electron chi connectivity index (χ0n) is 13.1. The number of hydrogen-bond donors (Lipinski definition) is 1. The van der Waals surface area contributed by atoms with Gasteiger partial charge < -0.3 is 10.2 Å². The molecule has 0 bridgehead atoms. The lowest BCUT2D eigenvalue weighted by Gasteiger charge is -2.45. The molecule has 0 saturated heterocycles. The third-order valence-electron chi connectivity index (χ3n) is 4.15. The van der Waals surface area contributed by atoms with Gasteiger partial charge in [-0.2, -0.15) is 4.80 Å². The van der Waals surface area contributed by atoms with Gasteiger partial charge in [-0.05, 0) is 38.7 Å². The van der Waals surface area contributed by atoms with Gasteiger partial charge in [-0.1, -0.05) is 20.8 Å². The number of tetrazole rings is 1. The first-order chi connectivity index (χ1) is 9.00. The molecule has 19 heavy (non-hydrogen) atoms. The van der Waals surface area contributed by atoms with E-state index in [4.69, 9.17) is 0 Å². The Morgan fingerprint density at radius 1 is 1.26 bits per heavy atom. The van der Waals surface area contributed by atoms with Crippen LogP contribution in [0.1, 0.15) is 39.4 Å². The molecule has 0 aliphatic rings. The first kappa shape index (κ1) is 16.0. The molecule has 0 saturated carbocycles. The third kappa shape index (κ3) is 3.51. The summed E-state index contributed by atoms with van der Waals surface area (Å²) in [6, 6.07) is 0.326. The standard InChI is InChI=1S/C13H28N6/c1-7-13(8-2,18(4)5)11(14-9-3)10-12-15-17-19(6)16-12/h11,14H,7-10H2,1-6H3. The molecular formula is C13H28N6. The van der Waals surface area contributed by atoms with Gasteiger partial charge in [0.1, 0.15) is 0 Å². The highest BCUT2D eigenvalue weighted by atomic mass is 15.6. The van der Waals surface area contributed by atoms with Crippen molar-refractivity contribution in [1.29, 1.82) is 0 Å². The molecule has 0 amide bonds. The number of hydrogen-bond acceptors (Lipinski definition) is 5. The Kier molecular flexibility index (Phi) is 5.87. The van der Waals surface area contributed by atoms with Gasteiger partial charge in [-0.25, -0.2) is 0 Å². The van der Waals surface area contributed by atoms with Gasteiger partial charge >= 0.3 is 0 Å². The van der Waals surface area contributed by atoms with E-state index in [0.717, 1.165) is 31.6 Å². The van der Waals surface area contributed by atoms with E-state index < -0.39 is 0 Å². The van der Waals surface area contributed by atoms with Crippen molar-refractivity contribution in [3.05, 3.63) is 5.82 Å². The van der Waals surface area contributed by atoms with Gasteiger partial charge in [-0.3, -0.25) is 0 Å². The lowest BCUT2D eigenvalue weighted by Crippen LogP contribution is -2.59. The molecule has 1 atom stereocenters. The summed E-state index contributed by atoms with van der Waals surface area (Å²) in [7, 11) is 6.11. The predicted molar refractivity (Wildman–Crippen MR) is 77.0 cm³/mol. The molecule has 0 aliphatic carbocycles. The first-order valence-corrected chi connectivity index (χ1v) is 7.13. The minimum atomic E-state index is 0.120. The molecule has 1 N–H and O–H groups in total. The maximum Gasteiger partial charge on any atom is 0.176 e. The molecule has 110 valence electrons. The number of likely N-dealkylation sites (N-methyl/N-ethyl adjacent to an activating group) is 2. The zero-order valence-corrected chi connectivity index (χ0v) is 13.1. The molecule has 1 heterocycles. The van der Waals surface area contributed by atoms with Gasteiger partial charge in [0.2, 0.25) is 0 Å². The summed E-state index contributed by atoms with van der Waals surface area (Å²) >= 11 is 0. The van der Waals surface area contributed by atoms with Crippen LogP contribution in [0.3, 0.4) is 0 Å². The van der Waals surface area contributed by atoms with Crippen LogP contribution in [0.4, 0.5) is 0 Å². The summed E-state index contributed by atoms with van der Waals surface area (Å²) in [5.41, 5.74) is 0.120. The Hall–Kier alpha value is -1.01. The molecular weight excluding hydrogens is 240 g/mol. The van der Waals surface area contributed by atoms with E-state index in [1.807, 2.05) is 0 Å². The second kappa shape index (κ2) is 6.96. The van der Waals surface area contributed by atoms with Crippen molar-refractivity contribution < 1.29 is 0 Å². The Labute approximate surface area is 116 Å². The Balaban J connectivity index is 2.96. The maximum absolute atomic E-state index is 4.31. The molecule has 1 aromatic rings. The van der Waals surface area contributed by atoms with Crippen LogP contribution >= 0.6 is 0 Å². The molecule has 0 spiro atoms.